The standard InChI is InChI=1S/C21H23FN6O4S/c1-27(2)33(30,31)15-5-3-14(4-6-15)25-19-18-16(7-11-24-20(18)29)28(26-19)21(9-10-23)13-32-12-8-17(21)22/h3-7,11,17H,8-9,12-13H2,1-2H3,(H,24,29)(H,25,26). The molecule has 2 atom stereocenters. The predicted molar refractivity (Wildman–Crippen MR) is 119 cm³/mol. The van der Waals surface area contributed by atoms with Gasteiger partial charge < -0.3 is 15.0 Å². The first-order valence-electron chi connectivity index (χ1n) is 10.2. The summed E-state index contributed by atoms with van der Waals surface area (Å²) in [6, 6.07) is 9.59. The van der Waals surface area contributed by atoms with Crippen molar-refractivity contribution in [2.45, 2.75) is 29.4 Å². The molecule has 3 aromatic rings. The number of benzene rings is 1. The summed E-state index contributed by atoms with van der Waals surface area (Å²) in [6.45, 7) is 0.184. The third-order valence-corrected chi connectivity index (χ3v) is 7.59. The van der Waals surface area contributed by atoms with E-state index in [9.17, 15) is 18.5 Å². The van der Waals surface area contributed by atoms with Crippen LogP contribution in [0, 0.1) is 11.3 Å². The molecule has 0 aliphatic carbocycles. The van der Waals surface area contributed by atoms with Crippen molar-refractivity contribution in [3.05, 3.63) is 46.9 Å². The molecule has 10 nitrogen and oxygen atoms in total. The van der Waals surface area contributed by atoms with E-state index in [1.54, 1.807) is 18.2 Å². The maximum absolute atomic E-state index is 15.2. The van der Waals surface area contributed by atoms with Gasteiger partial charge in [-0.1, -0.05) is 0 Å². The fraction of sp³-hybridized carbons (Fsp3) is 0.381. The summed E-state index contributed by atoms with van der Waals surface area (Å²) in [4.78, 5) is 15.4. The Kier molecular flexibility index (Phi) is 5.96. The Morgan fingerprint density at radius 3 is 2.73 bits per heavy atom. The van der Waals surface area contributed by atoms with Gasteiger partial charge in [-0.2, -0.15) is 10.4 Å². The molecule has 174 valence electrons. The lowest BCUT2D eigenvalue weighted by Crippen LogP contribution is -2.50. The van der Waals surface area contributed by atoms with Crippen LogP contribution in [-0.4, -0.2) is 61.0 Å². The summed E-state index contributed by atoms with van der Waals surface area (Å²) in [6.07, 6.45) is -0.0352. The summed E-state index contributed by atoms with van der Waals surface area (Å²) in [5, 5.41) is 17.1. The van der Waals surface area contributed by atoms with Gasteiger partial charge in [0.05, 0.1) is 29.5 Å². The van der Waals surface area contributed by atoms with Crippen LogP contribution < -0.4 is 10.9 Å². The van der Waals surface area contributed by atoms with E-state index in [-0.39, 0.29) is 42.2 Å². The highest BCUT2D eigenvalue weighted by Crippen LogP contribution is 2.37. The first kappa shape index (κ1) is 22.9. The molecule has 0 bridgehead atoms. The Balaban J connectivity index is 1.80. The molecule has 1 saturated heterocycles. The Morgan fingerprint density at radius 2 is 2.09 bits per heavy atom. The van der Waals surface area contributed by atoms with Gasteiger partial charge in [-0.25, -0.2) is 21.8 Å². The number of aromatic nitrogens is 3. The second kappa shape index (κ2) is 8.58. The Bertz CT molecular complexity index is 1380. The quantitative estimate of drug-likeness (QED) is 0.559. The van der Waals surface area contributed by atoms with Crippen molar-refractivity contribution < 1.29 is 17.5 Å². The number of alkyl halides is 1. The smallest absolute Gasteiger partial charge is 0.261 e. The van der Waals surface area contributed by atoms with Gasteiger partial charge in [-0.3, -0.25) is 4.79 Å². The number of aromatic amines is 1. The largest absolute Gasteiger partial charge is 0.379 e. The van der Waals surface area contributed by atoms with Gasteiger partial charge in [0.2, 0.25) is 10.0 Å². The fourth-order valence-corrected chi connectivity index (χ4v) is 4.83. The number of anilines is 2. The normalized spacial score (nSPS) is 21.2. The number of nitrogens with zero attached hydrogens (tertiary/aromatic N) is 4. The summed E-state index contributed by atoms with van der Waals surface area (Å²) in [5.74, 6) is 0.158. The fourth-order valence-electron chi connectivity index (χ4n) is 3.92. The molecule has 33 heavy (non-hydrogen) atoms. The summed E-state index contributed by atoms with van der Waals surface area (Å²) < 4.78 is 47.8. The maximum atomic E-state index is 15.2. The Labute approximate surface area is 189 Å². The number of H-pyrrole nitrogens is 1. The minimum Gasteiger partial charge on any atom is -0.379 e. The monoisotopic (exact) mass is 474 g/mol. The van der Waals surface area contributed by atoms with Crippen LogP contribution >= 0.6 is 0 Å². The van der Waals surface area contributed by atoms with Gasteiger partial charge in [-0.15, -0.1) is 0 Å². The number of nitriles is 1. The van der Waals surface area contributed by atoms with E-state index in [1.165, 1.54) is 37.1 Å². The lowest BCUT2D eigenvalue weighted by Gasteiger charge is -2.38. The predicted octanol–water partition coefficient (Wildman–Crippen LogP) is 2.09. The number of fused-ring (bicyclic) bond motifs is 1. The molecule has 0 saturated carbocycles. The highest BCUT2D eigenvalue weighted by Gasteiger charge is 2.46. The van der Waals surface area contributed by atoms with Crippen LogP contribution in [0.2, 0.25) is 0 Å². The van der Waals surface area contributed by atoms with Gasteiger partial charge >= 0.3 is 0 Å². The molecule has 4 rings (SSSR count). The topological polar surface area (TPSA) is 133 Å². The van der Waals surface area contributed by atoms with Crippen LogP contribution in [0.3, 0.4) is 0 Å². The third kappa shape index (κ3) is 3.88. The summed E-state index contributed by atoms with van der Waals surface area (Å²) in [5.41, 5.74) is -0.972. The number of pyridine rings is 1. The van der Waals surface area contributed by atoms with E-state index in [0.29, 0.717) is 11.2 Å². The minimum absolute atomic E-state index is 0.0537. The van der Waals surface area contributed by atoms with Crippen LogP contribution in [0.15, 0.2) is 46.2 Å². The first-order chi connectivity index (χ1) is 15.7. The molecular weight excluding hydrogens is 451 g/mol. The Hall–Kier alpha value is -3.27. The molecule has 0 amide bonds. The van der Waals surface area contributed by atoms with Gasteiger partial charge in [0.15, 0.2) is 5.82 Å². The molecular formula is C21H23FN6O4S. The van der Waals surface area contributed by atoms with Crippen molar-refractivity contribution in [1.29, 1.82) is 5.26 Å². The van der Waals surface area contributed by atoms with Gasteiger partial charge in [-0.05, 0) is 30.3 Å². The average molecular weight is 475 g/mol. The number of hydrogen-bond acceptors (Lipinski definition) is 7. The molecule has 0 radical (unpaired) electrons. The van der Waals surface area contributed by atoms with Crippen molar-refractivity contribution in [1.82, 2.24) is 19.1 Å². The number of halogens is 1. The zero-order valence-electron chi connectivity index (χ0n) is 18.1. The summed E-state index contributed by atoms with van der Waals surface area (Å²) >= 11 is 0. The van der Waals surface area contributed by atoms with Gasteiger partial charge in [0.25, 0.3) is 5.56 Å². The number of ether oxygens (including phenoxy) is 1. The molecule has 2 unspecified atom stereocenters. The lowest BCUT2D eigenvalue weighted by molar-refractivity contribution is -0.0572. The molecule has 1 aliphatic rings. The van der Waals surface area contributed by atoms with Crippen LogP contribution in [0.1, 0.15) is 12.8 Å². The van der Waals surface area contributed by atoms with Crippen LogP contribution in [0.4, 0.5) is 15.9 Å². The highest BCUT2D eigenvalue weighted by atomic mass is 32.2. The SMILES string of the molecule is CN(C)S(=O)(=O)c1ccc(Nc2nn(C3(CC#N)COCCC3F)c3cc[nH]c(=O)c23)cc1. The number of sulfonamides is 1. The molecule has 1 fully saturated rings. The molecule has 2 aromatic heterocycles. The highest BCUT2D eigenvalue weighted by molar-refractivity contribution is 7.89. The van der Waals surface area contributed by atoms with Crippen molar-refractivity contribution in [2.75, 3.05) is 32.6 Å². The molecule has 1 aliphatic heterocycles. The second-order valence-corrected chi connectivity index (χ2v) is 10.2. The van der Waals surface area contributed by atoms with E-state index < -0.39 is 27.3 Å². The van der Waals surface area contributed by atoms with Crippen LogP contribution in [0.25, 0.3) is 10.9 Å². The zero-order valence-corrected chi connectivity index (χ0v) is 18.9. The van der Waals surface area contributed by atoms with Crippen LogP contribution in [0.5, 0.6) is 0 Å². The minimum atomic E-state index is -3.59. The average Bonchev–Trinajstić information content (AvgIpc) is 3.16. The lowest BCUT2D eigenvalue weighted by atomic mass is 9.87. The molecule has 12 heteroatoms. The van der Waals surface area contributed by atoms with E-state index in [0.717, 1.165) is 4.31 Å². The van der Waals surface area contributed by atoms with Crippen molar-refractivity contribution >= 4 is 32.4 Å². The van der Waals surface area contributed by atoms with Crippen LogP contribution in [-0.2, 0) is 20.3 Å². The Morgan fingerprint density at radius 1 is 1.36 bits per heavy atom. The van der Waals surface area contributed by atoms with Crippen molar-refractivity contribution in [2.24, 2.45) is 0 Å². The van der Waals surface area contributed by atoms with Crippen molar-refractivity contribution in [3.8, 4) is 6.07 Å². The van der Waals surface area contributed by atoms with E-state index >= 15 is 4.39 Å². The number of nitrogens with one attached hydrogen (secondary N) is 2. The summed E-state index contributed by atoms with van der Waals surface area (Å²) in [7, 11) is -0.712. The molecule has 1 aromatic carbocycles. The molecule has 2 N–H and O–H groups in total. The first-order valence-corrected chi connectivity index (χ1v) is 11.6. The molecule has 0 spiro atoms. The third-order valence-electron chi connectivity index (χ3n) is 5.76. The van der Waals surface area contributed by atoms with E-state index in [1.807, 2.05) is 6.07 Å². The van der Waals surface area contributed by atoms with Gasteiger partial charge in [0, 0.05) is 39.0 Å². The second-order valence-electron chi connectivity index (χ2n) is 8.01. The van der Waals surface area contributed by atoms with E-state index in [4.69, 9.17) is 4.74 Å². The molecule has 3 heterocycles. The zero-order chi connectivity index (χ0) is 23.8. The van der Waals surface area contributed by atoms with Gasteiger partial charge in [0.1, 0.15) is 17.1 Å². The van der Waals surface area contributed by atoms with E-state index in [2.05, 4.69) is 15.4 Å². The number of hydrogen-bond donors (Lipinski definition) is 2. The maximum Gasteiger partial charge on any atom is 0.261 e. The number of rotatable bonds is 6. The van der Waals surface area contributed by atoms with Crippen molar-refractivity contribution in [3.63, 3.8) is 0 Å².